The van der Waals surface area contributed by atoms with Crippen LogP contribution in [0.15, 0.2) is 36.5 Å². The molecule has 3 aromatic rings. The molecular formula is C21H24N6O3. The molecule has 2 atom stereocenters. The van der Waals surface area contributed by atoms with Gasteiger partial charge in [0, 0.05) is 36.8 Å². The lowest BCUT2D eigenvalue weighted by atomic mass is 10.2. The molecular weight excluding hydrogens is 384 g/mol. The van der Waals surface area contributed by atoms with E-state index in [0.29, 0.717) is 18.9 Å². The number of hydrogen-bond acceptors (Lipinski definition) is 6. The van der Waals surface area contributed by atoms with Crippen molar-refractivity contribution >= 4 is 28.6 Å². The summed E-state index contributed by atoms with van der Waals surface area (Å²) in [5.41, 5.74) is 7.87. The topological polar surface area (TPSA) is 110 Å². The molecule has 0 saturated carbocycles. The Morgan fingerprint density at radius 2 is 2.07 bits per heavy atom. The number of pyridine rings is 1. The number of amides is 1. The van der Waals surface area contributed by atoms with Crippen molar-refractivity contribution in [2.24, 2.45) is 0 Å². The highest BCUT2D eigenvalue weighted by Crippen LogP contribution is 2.35. The van der Waals surface area contributed by atoms with Crippen molar-refractivity contribution in [3.8, 4) is 11.4 Å². The Hall–Kier alpha value is -3.49. The minimum absolute atomic E-state index is 0.0230. The van der Waals surface area contributed by atoms with Crippen LogP contribution in [0.4, 0.5) is 16.4 Å². The Kier molecular flexibility index (Phi) is 4.19. The second-order valence-corrected chi connectivity index (χ2v) is 8.15. The number of hydrogen-bond donors (Lipinski definition) is 2. The maximum atomic E-state index is 11.4. The van der Waals surface area contributed by atoms with E-state index in [1.165, 1.54) is 4.90 Å². The molecule has 2 aliphatic heterocycles. The molecule has 2 bridgehead atoms. The molecule has 30 heavy (non-hydrogen) atoms. The quantitative estimate of drug-likeness (QED) is 0.683. The van der Waals surface area contributed by atoms with Crippen LogP contribution in [0.5, 0.6) is 5.75 Å². The Balaban J connectivity index is 1.49. The average Bonchev–Trinajstić information content (AvgIpc) is 3.40. The van der Waals surface area contributed by atoms with E-state index < -0.39 is 6.09 Å². The second-order valence-electron chi connectivity index (χ2n) is 8.15. The maximum Gasteiger partial charge on any atom is 0.407 e. The number of anilines is 2. The van der Waals surface area contributed by atoms with Gasteiger partial charge in [-0.3, -0.25) is 0 Å². The summed E-state index contributed by atoms with van der Waals surface area (Å²) >= 11 is 0. The van der Waals surface area contributed by atoms with Crippen LogP contribution in [0, 0.1) is 0 Å². The number of fused-ring (bicyclic) bond motifs is 3. The summed E-state index contributed by atoms with van der Waals surface area (Å²) in [7, 11) is 0. The molecule has 2 aliphatic rings. The molecule has 1 aromatic carbocycles. The van der Waals surface area contributed by atoms with E-state index in [0.717, 1.165) is 34.6 Å². The Bertz CT molecular complexity index is 1130. The summed E-state index contributed by atoms with van der Waals surface area (Å²) in [5, 5.41) is 14.7. The Morgan fingerprint density at radius 3 is 2.77 bits per heavy atom. The molecule has 5 rings (SSSR count). The van der Waals surface area contributed by atoms with Crippen molar-refractivity contribution in [2.45, 2.75) is 38.5 Å². The van der Waals surface area contributed by atoms with Gasteiger partial charge in [0.1, 0.15) is 11.6 Å². The van der Waals surface area contributed by atoms with E-state index in [1.807, 2.05) is 44.2 Å². The van der Waals surface area contributed by atoms with Crippen molar-refractivity contribution in [1.29, 1.82) is 0 Å². The van der Waals surface area contributed by atoms with E-state index in [-0.39, 0.29) is 18.2 Å². The molecule has 0 spiro atoms. The van der Waals surface area contributed by atoms with Gasteiger partial charge in [-0.15, -0.1) is 5.10 Å². The molecule has 0 radical (unpaired) electrons. The van der Waals surface area contributed by atoms with Crippen molar-refractivity contribution < 1.29 is 14.6 Å². The summed E-state index contributed by atoms with van der Waals surface area (Å²) in [6, 6.07) is 9.82. The van der Waals surface area contributed by atoms with Crippen molar-refractivity contribution in [3.63, 3.8) is 0 Å². The number of nitrogen functional groups attached to an aromatic ring is 1. The first kappa shape index (κ1) is 18.5. The molecule has 4 heterocycles. The van der Waals surface area contributed by atoms with Gasteiger partial charge in [-0.2, -0.15) is 0 Å². The standard InChI is InChI=1S/C21H24N6O3/c1-12(2)30-16-3-4-17-18(9-16)27(24-20(17)22)13-5-6-23-19(8-13)25-10-15-7-14(25)11-26(15)21(28)29/h3-6,8-9,12,14-15H,7,10-11H2,1-2H3,(H2,22,24)(H,28,29)/t14-,15-/m0/s1. The third kappa shape index (κ3) is 2.97. The van der Waals surface area contributed by atoms with Gasteiger partial charge in [-0.1, -0.05) is 0 Å². The van der Waals surface area contributed by atoms with Gasteiger partial charge in [0.15, 0.2) is 5.82 Å². The second kappa shape index (κ2) is 6.79. The fourth-order valence-electron chi connectivity index (χ4n) is 4.54. The van der Waals surface area contributed by atoms with E-state index in [1.54, 1.807) is 10.9 Å². The average molecular weight is 408 g/mol. The smallest absolute Gasteiger partial charge is 0.407 e. The fourth-order valence-corrected chi connectivity index (χ4v) is 4.54. The molecule has 2 fully saturated rings. The zero-order valence-electron chi connectivity index (χ0n) is 16.9. The normalized spacial score (nSPS) is 20.5. The zero-order chi connectivity index (χ0) is 21.0. The van der Waals surface area contributed by atoms with E-state index in [4.69, 9.17) is 10.5 Å². The van der Waals surface area contributed by atoms with Crippen LogP contribution in [-0.2, 0) is 0 Å². The molecule has 156 valence electrons. The van der Waals surface area contributed by atoms with Crippen LogP contribution in [0.3, 0.4) is 0 Å². The van der Waals surface area contributed by atoms with Crippen LogP contribution < -0.4 is 15.4 Å². The summed E-state index contributed by atoms with van der Waals surface area (Å²) in [5.74, 6) is 2.04. The SMILES string of the molecule is CC(C)Oc1ccc2c(N)nn(-c3ccnc(N4C[C@@H]5C[C@H]4CN5C(=O)O)c3)c2c1. The van der Waals surface area contributed by atoms with Gasteiger partial charge >= 0.3 is 6.09 Å². The van der Waals surface area contributed by atoms with Gasteiger partial charge in [0.2, 0.25) is 0 Å². The lowest BCUT2D eigenvalue weighted by molar-refractivity contribution is 0.137. The largest absolute Gasteiger partial charge is 0.491 e. The number of nitrogens with two attached hydrogens (primary N) is 1. The number of rotatable bonds is 4. The summed E-state index contributed by atoms with van der Waals surface area (Å²) in [4.78, 5) is 19.6. The third-order valence-corrected chi connectivity index (χ3v) is 5.81. The van der Waals surface area contributed by atoms with Gasteiger partial charge < -0.3 is 25.4 Å². The molecule has 3 N–H and O–H groups in total. The first-order valence-electron chi connectivity index (χ1n) is 10.1. The summed E-state index contributed by atoms with van der Waals surface area (Å²) in [6.45, 7) is 5.14. The number of benzene rings is 1. The minimum Gasteiger partial charge on any atom is -0.491 e. The van der Waals surface area contributed by atoms with Gasteiger partial charge in [-0.05, 0) is 38.5 Å². The molecule has 9 heteroatoms. The molecule has 9 nitrogen and oxygen atoms in total. The van der Waals surface area contributed by atoms with Crippen LogP contribution >= 0.6 is 0 Å². The highest BCUT2D eigenvalue weighted by atomic mass is 16.5. The fraction of sp³-hybridized carbons (Fsp3) is 0.381. The summed E-state index contributed by atoms with van der Waals surface area (Å²) < 4.78 is 7.64. The first-order chi connectivity index (χ1) is 14.4. The van der Waals surface area contributed by atoms with Crippen LogP contribution in [0.2, 0.25) is 0 Å². The molecule has 0 aliphatic carbocycles. The van der Waals surface area contributed by atoms with E-state index in [2.05, 4.69) is 15.0 Å². The van der Waals surface area contributed by atoms with Crippen LogP contribution in [-0.4, -0.2) is 62.1 Å². The van der Waals surface area contributed by atoms with Gasteiger partial charge in [-0.25, -0.2) is 14.5 Å². The molecule has 2 aromatic heterocycles. The van der Waals surface area contributed by atoms with E-state index in [9.17, 15) is 9.90 Å². The highest BCUT2D eigenvalue weighted by Gasteiger charge is 2.45. The minimum atomic E-state index is -0.846. The molecule has 0 unspecified atom stereocenters. The number of likely N-dealkylation sites (tertiary alicyclic amines) is 1. The lowest BCUT2D eigenvalue weighted by Crippen LogP contribution is -2.48. The Morgan fingerprint density at radius 1 is 1.23 bits per heavy atom. The number of nitrogens with zero attached hydrogens (tertiary/aromatic N) is 5. The number of ether oxygens (including phenoxy) is 1. The predicted octanol–water partition coefficient (Wildman–Crippen LogP) is 2.73. The zero-order valence-corrected chi connectivity index (χ0v) is 16.9. The van der Waals surface area contributed by atoms with Crippen molar-refractivity contribution in [1.82, 2.24) is 19.7 Å². The first-order valence-corrected chi connectivity index (χ1v) is 10.1. The molecule has 2 saturated heterocycles. The maximum absolute atomic E-state index is 11.4. The number of carboxylic acid groups (broad SMARTS) is 1. The monoisotopic (exact) mass is 408 g/mol. The predicted molar refractivity (Wildman–Crippen MR) is 113 cm³/mol. The molecule has 1 amide bonds. The van der Waals surface area contributed by atoms with Gasteiger partial charge in [0.25, 0.3) is 0 Å². The number of aromatic nitrogens is 3. The number of carbonyl (C=O) groups is 1. The number of piperazine rings is 1. The third-order valence-electron chi connectivity index (χ3n) is 5.81. The Labute approximate surface area is 173 Å². The lowest BCUT2D eigenvalue weighted by Gasteiger charge is -2.33. The van der Waals surface area contributed by atoms with Gasteiger partial charge in [0.05, 0.1) is 29.4 Å². The summed E-state index contributed by atoms with van der Waals surface area (Å²) in [6.07, 6.45) is 1.82. The van der Waals surface area contributed by atoms with Crippen molar-refractivity contribution in [2.75, 3.05) is 23.7 Å². The van der Waals surface area contributed by atoms with Crippen LogP contribution in [0.25, 0.3) is 16.6 Å². The van der Waals surface area contributed by atoms with Crippen LogP contribution in [0.1, 0.15) is 20.3 Å². The van der Waals surface area contributed by atoms with E-state index >= 15 is 0 Å². The highest BCUT2D eigenvalue weighted by molar-refractivity contribution is 5.91. The van der Waals surface area contributed by atoms with Crippen molar-refractivity contribution in [3.05, 3.63) is 36.5 Å².